The van der Waals surface area contributed by atoms with Crippen LogP contribution in [0.5, 0.6) is 0 Å². The SMILES string of the molecule is CCOC(=O)c1ccnc(NC2(C)CCC2)c1N. The molecule has 0 aromatic carbocycles. The first-order valence-electron chi connectivity index (χ1n) is 6.25. The Morgan fingerprint density at radius 3 is 2.89 bits per heavy atom. The predicted octanol–water partition coefficient (Wildman–Crippen LogP) is 2.19. The van der Waals surface area contributed by atoms with Gasteiger partial charge in [-0.25, -0.2) is 9.78 Å². The molecule has 5 heteroatoms. The number of aromatic nitrogens is 1. The molecule has 1 aromatic heterocycles. The molecule has 0 spiro atoms. The molecule has 1 heterocycles. The molecule has 0 radical (unpaired) electrons. The zero-order valence-electron chi connectivity index (χ0n) is 10.8. The third-order valence-electron chi connectivity index (χ3n) is 3.36. The number of rotatable bonds is 4. The lowest BCUT2D eigenvalue weighted by Crippen LogP contribution is -2.42. The molecular weight excluding hydrogens is 230 g/mol. The van der Waals surface area contributed by atoms with Crippen LogP contribution in [0.2, 0.25) is 0 Å². The molecule has 0 amide bonds. The van der Waals surface area contributed by atoms with Gasteiger partial charge in [0.2, 0.25) is 0 Å². The van der Waals surface area contributed by atoms with E-state index in [0.717, 1.165) is 12.8 Å². The van der Waals surface area contributed by atoms with E-state index in [1.807, 2.05) is 0 Å². The van der Waals surface area contributed by atoms with E-state index in [0.29, 0.717) is 23.7 Å². The second-order valence-corrected chi connectivity index (χ2v) is 4.88. The summed E-state index contributed by atoms with van der Waals surface area (Å²) in [5, 5.41) is 3.32. The van der Waals surface area contributed by atoms with E-state index in [1.165, 1.54) is 6.42 Å². The number of ether oxygens (including phenoxy) is 1. The molecule has 2 rings (SSSR count). The number of hydrogen-bond donors (Lipinski definition) is 2. The average molecular weight is 249 g/mol. The number of carbonyl (C=O) groups is 1. The van der Waals surface area contributed by atoms with Crippen molar-refractivity contribution in [3.05, 3.63) is 17.8 Å². The Bertz CT molecular complexity index is 456. The average Bonchev–Trinajstić information content (AvgIpc) is 2.30. The van der Waals surface area contributed by atoms with Gasteiger partial charge in [-0.2, -0.15) is 0 Å². The van der Waals surface area contributed by atoms with E-state index in [1.54, 1.807) is 19.2 Å². The molecule has 5 nitrogen and oxygen atoms in total. The lowest BCUT2D eigenvalue weighted by molar-refractivity contribution is 0.0527. The summed E-state index contributed by atoms with van der Waals surface area (Å²) in [4.78, 5) is 15.9. The van der Waals surface area contributed by atoms with Crippen molar-refractivity contribution in [3.63, 3.8) is 0 Å². The number of nitrogens with zero attached hydrogens (tertiary/aromatic N) is 1. The van der Waals surface area contributed by atoms with Gasteiger partial charge in [0.15, 0.2) is 0 Å². The number of pyridine rings is 1. The molecule has 3 N–H and O–H groups in total. The quantitative estimate of drug-likeness (QED) is 0.800. The van der Waals surface area contributed by atoms with E-state index < -0.39 is 5.97 Å². The van der Waals surface area contributed by atoms with Crippen LogP contribution >= 0.6 is 0 Å². The highest BCUT2D eigenvalue weighted by molar-refractivity contribution is 5.97. The lowest BCUT2D eigenvalue weighted by Gasteiger charge is -2.39. The Hall–Kier alpha value is -1.78. The van der Waals surface area contributed by atoms with E-state index >= 15 is 0 Å². The normalized spacial score (nSPS) is 16.8. The van der Waals surface area contributed by atoms with Crippen molar-refractivity contribution >= 4 is 17.5 Å². The van der Waals surface area contributed by atoms with Crippen molar-refractivity contribution in [1.29, 1.82) is 0 Å². The van der Waals surface area contributed by atoms with Crippen molar-refractivity contribution < 1.29 is 9.53 Å². The molecule has 1 aliphatic rings. The smallest absolute Gasteiger partial charge is 0.340 e. The molecule has 1 aromatic rings. The molecule has 0 unspecified atom stereocenters. The largest absolute Gasteiger partial charge is 0.462 e. The first-order valence-corrected chi connectivity index (χ1v) is 6.25. The number of carbonyl (C=O) groups excluding carboxylic acids is 1. The summed E-state index contributed by atoms with van der Waals surface area (Å²) in [7, 11) is 0. The van der Waals surface area contributed by atoms with Crippen LogP contribution in [0.15, 0.2) is 12.3 Å². The van der Waals surface area contributed by atoms with Gasteiger partial charge in [0.25, 0.3) is 0 Å². The number of nitrogen functional groups attached to an aromatic ring is 1. The second kappa shape index (κ2) is 4.84. The number of esters is 1. The van der Waals surface area contributed by atoms with Crippen LogP contribution in [-0.4, -0.2) is 23.1 Å². The van der Waals surface area contributed by atoms with Crippen molar-refractivity contribution in [3.8, 4) is 0 Å². The lowest BCUT2D eigenvalue weighted by atomic mass is 9.78. The molecule has 0 aliphatic heterocycles. The molecule has 98 valence electrons. The van der Waals surface area contributed by atoms with Gasteiger partial charge in [-0.3, -0.25) is 0 Å². The number of hydrogen-bond acceptors (Lipinski definition) is 5. The summed E-state index contributed by atoms with van der Waals surface area (Å²) in [6.45, 7) is 4.24. The van der Waals surface area contributed by atoms with Gasteiger partial charge in [-0.15, -0.1) is 0 Å². The van der Waals surface area contributed by atoms with Gasteiger partial charge in [0.05, 0.1) is 17.9 Å². The molecule has 18 heavy (non-hydrogen) atoms. The number of anilines is 2. The monoisotopic (exact) mass is 249 g/mol. The van der Waals surface area contributed by atoms with Gasteiger partial charge in [-0.05, 0) is 39.2 Å². The van der Waals surface area contributed by atoms with E-state index in [2.05, 4.69) is 17.2 Å². The minimum atomic E-state index is -0.404. The van der Waals surface area contributed by atoms with Crippen LogP contribution in [0.3, 0.4) is 0 Å². The molecule has 0 saturated heterocycles. The standard InChI is InChI=1S/C13H19N3O2/c1-3-18-12(17)9-5-8-15-11(10(9)14)16-13(2)6-4-7-13/h5,8H,3-4,6-7,14H2,1-2H3,(H,15,16). The first kappa shape index (κ1) is 12.7. The molecule has 1 saturated carbocycles. The fraction of sp³-hybridized carbons (Fsp3) is 0.538. The Morgan fingerprint density at radius 2 is 2.33 bits per heavy atom. The summed E-state index contributed by atoms with van der Waals surface area (Å²) >= 11 is 0. The van der Waals surface area contributed by atoms with Crippen LogP contribution in [-0.2, 0) is 4.74 Å². The van der Waals surface area contributed by atoms with Crippen LogP contribution in [0.1, 0.15) is 43.5 Å². The van der Waals surface area contributed by atoms with Gasteiger partial charge >= 0.3 is 5.97 Å². The van der Waals surface area contributed by atoms with Gasteiger partial charge in [-0.1, -0.05) is 0 Å². The highest BCUT2D eigenvalue weighted by Gasteiger charge is 2.32. The third kappa shape index (κ3) is 2.39. The Labute approximate surface area is 107 Å². The van der Waals surface area contributed by atoms with Gasteiger partial charge in [0.1, 0.15) is 5.82 Å². The second-order valence-electron chi connectivity index (χ2n) is 4.88. The molecule has 1 aliphatic carbocycles. The van der Waals surface area contributed by atoms with Crippen molar-refractivity contribution in [2.24, 2.45) is 0 Å². The maximum Gasteiger partial charge on any atom is 0.340 e. The molecule has 1 fully saturated rings. The zero-order valence-corrected chi connectivity index (χ0v) is 10.8. The van der Waals surface area contributed by atoms with Crippen LogP contribution in [0, 0.1) is 0 Å². The third-order valence-corrected chi connectivity index (χ3v) is 3.36. The Balaban J connectivity index is 2.21. The summed E-state index contributed by atoms with van der Waals surface area (Å²) in [6, 6.07) is 1.58. The molecular formula is C13H19N3O2. The minimum absolute atomic E-state index is 0.0500. The fourth-order valence-corrected chi connectivity index (χ4v) is 2.08. The van der Waals surface area contributed by atoms with E-state index in [4.69, 9.17) is 10.5 Å². The summed E-state index contributed by atoms with van der Waals surface area (Å²) < 4.78 is 4.96. The van der Waals surface area contributed by atoms with Crippen LogP contribution in [0.25, 0.3) is 0 Å². The maximum absolute atomic E-state index is 11.7. The van der Waals surface area contributed by atoms with Gasteiger partial charge < -0.3 is 15.8 Å². The summed E-state index contributed by atoms with van der Waals surface area (Å²) in [5.41, 5.74) is 6.76. The first-order chi connectivity index (χ1) is 8.56. The highest BCUT2D eigenvalue weighted by atomic mass is 16.5. The van der Waals surface area contributed by atoms with Crippen molar-refractivity contribution in [2.45, 2.75) is 38.6 Å². The minimum Gasteiger partial charge on any atom is -0.462 e. The Morgan fingerprint density at radius 1 is 1.61 bits per heavy atom. The molecule has 0 atom stereocenters. The number of nitrogens with two attached hydrogens (primary N) is 1. The number of nitrogens with one attached hydrogen (secondary N) is 1. The zero-order chi connectivity index (χ0) is 13.2. The Kier molecular flexibility index (Phi) is 3.41. The van der Waals surface area contributed by atoms with Crippen molar-refractivity contribution in [2.75, 3.05) is 17.7 Å². The highest BCUT2D eigenvalue weighted by Crippen LogP contribution is 2.36. The van der Waals surface area contributed by atoms with Gasteiger partial charge in [0, 0.05) is 11.7 Å². The predicted molar refractivity (Wildman–Crippen MR) is 70.5 cm³/mol. The summed E-state index contributed by atoms with van der Waals surface area (Å²) in [6.07, 6.45) is 4.98. The molecule has 0 bridgehead atoms. The fourth-order valence-electron chi connectivity index (χ4n) is 2.08. The maximum atomic E-state index is 11.7. The van der Waals surface area contributed by atoms with Crippen LogP contribution < -0.4 is 11.1 Å². The topological polar surface area (TPSA) is 77.2 Å². The van der Waals surface area contributed by atoms with Crippen LogP contribution in [0.4, 0.5) is 11.5 Å². The van der Waals surface area contributed by atoms with E-state index in [-0.39, 0.29) is 5.54 Å². The van der Waals surface area contributed by atoms with Crippen molar-refractivity contribution in [1.82, 2.24) is 4.98 Å². The van der Waals surface area contributed by atoms with E-state index in [9.17, 15) is 4.79 Å². The summed E-state index contributed by atoms with van der Waals surface area (Å²) in [5.74, 6) is 0.168.